The van der Waals surface area contributed by atoms with Gasteiger partial charge in [0, 0.05) is 62.2 Å². The molecule has 0 saturated heterocycles. The maximum atomic E-state index is 9.20. The van der Waals surface area contributed by atoms with Gasteiger partial charge < -0.3 is 35.1 Å². The third kappa shape index (κ3) is 10.5. The summed E-state index contributed by atoms with van der Waals surface area (Å²) in [6, 6.07) is 13.2. The van der Waals surface area contributed by atoms with Crippen molar-refractivity contribution in [1.29, 1.82) is 5.26 Å². The lowest BCUT2D eigenvalue weighted by molar-refractivity contribution is 0.00813. The molecule has 2 aromatic carbocycles. The highest BCUT2D eigenvalue weighted by atomic mass is 35.5. The third-order valence-electron chi connectivity index (χ3n) is 6.01. The van der Waals surface area contributed by atoms with Crippen LogP contribution in [0.5, 0.6) is 17.2 Å². The molecule has 0 aliphatic rings. The first-order valence-corrected chi connectivity index (χ1v) is 14.0. The van der Waals surface area contributed by atoms with E-state index in [1.54, 1.807) is 30.5 Å². The Kier molecular flexibility index (Phi) is 13.8. The Morgan fingerprint density at radius 3 is 2.48 bits per heavy atom. The number of aliphatic hydroxyl groups is 2. The van der Waals surface area contributed by atoms with E-state index in [2.05, 4.69) is 28.3 Å². The summed E-state index contributed by atoms with van der Waals surface area (Å²) in [4.78, 5) is 4.10. The van der Waals surface area contributed by atoms with Crippen LogP contribution < -0.4 is 24.8 Å². The van der Waals surface area contributed by atoms with Gasteiger partial charge in [0.1, 0.15) is 29.9 Å². The first-order valence-electron chi connectivity index (χ1n) is 13.6. The van der Waals surface area contributed by atoms with Crippen LogP contribution in [0.15, 0.2) is 73.6 Å². The molecule has 3 rings (SSSR count). The first kappa shape index (κ1) is 32.6. The maximum absolute atomic E-state index is 9.20. The molecule has 0 fully saturated rings. The number of aromatic nitrogens is 1. The number of aryl methyl sites for hydroxylation is 1. The molecule has 42 heavy (non-hydrogen) atoms. The van der Waals surface area contributed by atoms with Crippen LogP contribution in [0.25, 0.3) is 0 Å². The predicted molar refractivity (Wildman–Crippen MR) is 162 cm³/mol. The first-order chi connectivity index (χ1) is 20.5. The fourth-order valence-corrected chi connectivity index (χ4v) is 4.22. The van der Waals surface area contributed by atoms with Crippen molar-refractivity contribution in [2.24, 2.45) is 0 Å². The van der Waals surface area contributed by atoms with Crippen molar-refractivity contribution in [3.05, 3.63) is 106 Å². The molecule has 0 bridgehead atoms. The van der Waals surface area contributed by atoms with Gasteiger partial charge in [-0.2, -0.15) is 5.26 Å². The molecule has 9 nitrogen and oxygen atoms in total. The summed E-state index contributed by atoms with van der Waals surface area (Å²) in [6.45, 7) is 7.93. The Morgan fingerprint density at radius 2 is 1.76 bits per heavy atom. The number of pyridine rings is 1. The topological polar surface area (TPSA) is 129 Å². The number of rotatable bonds is 18. The Morgan fingerprint density at radius 1 is 1.00 bits per heavy atom. The molecule has 1 atom stereocenters. The Labute approximate surface area is 252 Å². The number of hydrogen-bond acceptors (Lipinski definition) is 9. The maximum Gasteiger partial charge on any atom is 0.244 e. The summed E-state index contributed by atoms with van der Waals surface area (Å²) in [6.07, 6.45) is 8.24. The lowest BCUT2D eigenvalue weighted by atomic mass is 10.1. The van der Waals surface area contributed by atoms with Gasteiger partial charge in [0.25, 0.3) is 0 Å². The van der Waals surface area contributed by atoms with Crippen LogP contribution in [-0.4, -0.2) is 47.8 Å². The largest absolute Gasteiger partial charge is 0.488 e. The van der Waals surface area contributed by atoms with E-state index in [0.29, 0.717) is 60.4 Å². The monoisotopic (exact) mass is 592 g/mol. The summed E-state index contributed by atoms with van der Waals surface area (Å²) < 4.78 is 18.7. The highest BCUT2D eigenvalue weighted by molar-refractivity contribution is 6.32. The van der Waals surface area contributed by atoms with Gasteiger partial charge in [-0.15, -0.1) is 0 Å². The van der Waals surface area contributed by atoms with E-state index in [4.69, 9.17) is 30.9 Å². The lowest BCUT2D eigenvalue weighted by Crippen LogP contribution is -2.24. The van der Waals surface area contributed by atoms with E-state index in [1.807, 2.05) is 37.3 Å². The average Bonchev–Trinajstić information content (AvgIpc) is 2.99. The summed E-state index contributed by atoms with van der Waals surface area (Å²) >= 11 is 6.67. The second kappa shape index (κ2) is 17.8. The molecule has 10 heteroatoms. The molecular formula is C32H37ClN4O5. The molecule has 0 amide bonds. The number of nitriles is 1. The number of nitrogens with zero attached hydrogens (tertiary/aromatic N) is 2. The van der Waals surface area contributed by atoms with Gasteiger partial charge in [-0.25, -0.2) is 0 Å². The van der Waals surface area contributed by atoms with Gasteiger partial charge in [-0.1, -0.05) is 48.5 Å². The molecule has 0 aliphatic heterocycles. The molecule has 222 valence electrons. The highest BCUT2D eigenvalue weighted by Crippen LogP contribution is 2.35. The highest BCUT2D eigenvalue weighted by Gasteiger charge is 2.18. The van der Waals surface area contributed by atoms with Crippen LogP contribution in [0.2, 0.25) is 5.02 Å². The van der Waals surface area contributed by atoms with Crippen molar-refractivity contribution >= 4 is 11.6 Å². The predicted octanol–water partition coefficient (Wildman–Crippen LogP) is 4.57. The van der Waals surface area contributed by atoms with Crippen molar-refractivity contribution in [2.75, 3.05) is 26.3 Å². The van der Waals surface area contributed by atoms with Gasteiger partial charge in [-0.05, 0) is 36.2 Å². The van der Waals surface area contributed by atoms with Crippen LogP contribution in [0.1, 0.15) is 34.2 Å². The van der Waals surface area contributed by atoms with E-state index in [9.17, 15) is 10.4 Å². The lowest BCUT2D eigenvalue weighted by Gasteiger charge is -2.23. The zero-order valence-electron chi connectivity index (χ0n) is 23.7. The number of hydrogen-bond donors (Lipinski definition) is 4. The fraction of sp³-hybridized carbons (Fsp3) is 0.312. The van der Waals surface area contributed by atoms with Crippen molar-refractivity contribution < 1.29 is 24.4 Å². The molecule has 4 N–H and O–H groups in total. The van der Waals surface area contributed by atoms with Gasteiger partial charge >= 0.3 is 0 Å². The second-order valence-corrected chi connectivity index (χ2v) is 9.75. The smallest absolute Gasteiger partial charge is 0.244 e. The average molecular weight is 593 g/mol. The SMILES string of the molecule is C=C/C=C\CC(Oc1ccc(CNCCO)cc1C)Oc1cc(OCc2cncc(C#N)c2)c(CNCCO)cc1Cl. The van der Waals surface area contributed by atoms with Crippen LogP contribution in [0.4, 0.5) is 0 Å². The number of nitrogens with one attached hydrogen (secondary N) is 2. The fourth-order valence-electron chi connectivity index (χ4n) is 3.98. The van der Waals surface area contributed by atoms with Crippen LogP contribution in [0.3, 0.4) is 0 Å². The summed E-state index contributed by atoms with van der Waals surface area (Å²) in [5, 5.41) is 34.1. The Bertz CT molecular complexity index is 1380. The van der Waals surface area contributed by atoms with Crippen molar-refractivity contribution in [2.45, 2.75) is 39.3 Å². The standard InChI is InChI=1S/C32H37ClN4O5/c1-3-4-5-6-32(41-29-8-7-24(13-23(29)2)18-35-9-11-38)42-31-16-30(27(15-28(31)33)21-36-10-12-39)40-22-26-14-25(17-34)19-37-20-26/h3-5,7-8,13-16,19-20,32,35-36,38-39H,1,6,9-12,18,21-22H2,2H3/b5-4-. The normalized spacial score (nSPS) is 11.7. The number of aliphatic hydroxyl groups excluding tert-OH is 2. The van der Waals surface area contributed by atoms with E-state index < -0.39 is 6.29 Å². The summed E-state index contributed by atoms with van der Waals surface area (Å²) in [5.74, 6) is 1.57. The van der Waals surface area contributed by atoms with Gasteiger partial charge in [0.05, 0.1) is 23.8 Å². The molecule has 1 heterocycles. The molecular weight excluding hydrogens is 556 g/mol. The minimum absolute atomic E-state index is 0.00540. The van der Waals surface area contributed by atoms with E-state index >= 15 is 0 Å². The molecule has 3 aromatic rings. The van der Waals surface area contributed by atoms with Crippen LogP contribution in [0, 0.1) is 18.3 Å². The zero-order chi connectivity index (χ0) is 30.2. The van der Waals surface area contributed by atoms with Crippen molar-refractivity contribution in [3.63, 3.8) is 0 Å². The van der Waals surface area contributed by atoms with Gasteiger partial charge in [0.15, 0.2) is 0 Å². The Hall–Kier alpha value is -3.91. The van der Waals surface area contributed by atoms with Crippen LogP contribution >= 0.6 is 11.6 Å². The quantitative estimate of drug-likeness (QED) is 0.0953. The summed E-state index contributed by atoms with van der Waals surface area (Å²) in [7, 11) is 0. The number of halogens is 1. The number of benzene rings is 2. The van der Waals surface area contributed by atoms with E-state index in [1.165, 1.54) is 6.20 Å². The van der Waals surface area contributed by atoms with Gasteiger partial charge in [0.2, 0.25) is 6.29 Å². The molecule has 0 saturated carbocycles. The number of allylic oxidation sites excluding steroid dienone is 2. The van der Waals surface area contributed by atoms with E-state index in [-0.39, 0.29) is 19.8 Å². The molecule has 0 spiro atoms. The van der Waals surface area contributed by atoms with Crippen molar-refractivity contribution in [1.82, 2.24) is 15.6 Å². The van der Waals surface area contributed by atoms with E-state index in [0.717, 1.165) is 22.3 Å². The zero-order valence-corrected chi connectivity index (χ0v) is 24.4. The minimum Gasteiger partial charge on any atom is -0.488 e. The molecule has 1 aromatic heterocycles. The number of ether oxygens (including phenoxy) is 3. The van der Waals surface area contributed by atoms with Crippen LogP contribution in [-0.2, 0) is 19.7 Å². The second-order valence-electron chi connectivity index (χ2n) is 9.34. The molecule has 0 radical (unpaired) electrons. The molecule has 0 aliphatic carbocycles. The molecule has 1 unspecified atom stereocenters. The van der Waals surface area contributed by atoms with Crippen molar-refractivity contribution in [3.8, 4) is 23.3 Å². The third-order valence-corrected chi connectivity index (χ3v) is 6.31. The Balaban J connectivity index is 1.84. The van der Waals surface area contributed by atoms with Gasteiger partial charge in [-0.3, -0.25) is 4.98 Å². The minimum atomic E-state index is -0.710. The summed E-state index contributed by atoms with van der Waals surface area (Å²) in [5.41, 5.74) is 3.96.